The van der Waals surface area contributed by atoms with Crippen LogP contribution in [0.4, 0.5) is 5.69 Å². The monoisotopic (exact) mass is 594 g/mol. The van der Waals surface area contributed by atoms with Crippen LogP contribution in [0, 0.1) is 13.8 Å². The first-order chi connectivity index (χ1) is 20.6. The van der Waals surface area contributed by atoms with Crippen molar-refractivity contribution in [2.24, 2.45) is 0 Å². The van der Waals surface area contributed by atoms with E-state index in [0.29, 0.717) is 5.54 Å². The fourth-order valence-electron chi connectivity index (χ4n) is 5.44. The first-order valence-corrected chi connectivity index (χ1v) is 16.9. The molecule has 2 aromatic heterocycles. The van der Waals surface area contributed by atoms with Crippen LogP contribution in [0.25, 0.3) is 11.8 Å². The van der Waals surface area contributed by atoms with Gasteiger partial charge in [-0.1, -0.05) is 66.0 Å². The second-order valence-electron chi connectivity index (χ2n) is 11.9. The zero-order valence-electron chi connectivity index (χ0n) is 29.6. The Morgan fingerprint density at radius 2 is 1.70 bits per heavy atom. The lowest BCUT2D eigenvalue weighted by molar-refractivity contribution is -0.117. The molecule has 1 N–H and O–H groups in total. The van der Waals surface area contributed by atoms with E-state index in [1.54, 1.807) is 6.92 Å². The van der Waals surface area contributed by atoms with Crippen molar-refractivity contribution in [3.8, 4) is 0 Å². The molecule has 1 saturated carbocycles. The van der Waals surface area contributed by atoms with Crippen LogP contribution in [-0.2, 0) is 11.2 Å². The maximum atomic E-state index is 10.0. The number of nitrogens with one attached hydrogen (secondary N) is 1. The van der Waals surface area contributed by atoms with Crippen molar-refractivity contribution in [2.75, 3.05) is 24.5 Å². The highest BCUT2D eigenvalue weighted by atomic mass is 16.1. The molecule has 0 amide bonds. The molecule has 0 radical (unpaired) electrons. The molecule has 3 heterocycles. The number of piperazine rings is 1. The summed E-state index contributed by atoms with van der Waals surface area (Å²) in [6.07, 6.45) is 18.6. The van der Waals surface area contributed by atoms with E-state index < -0.39 is 0 Å². The molecule has 2 aliphatic rings. The highest BCUT2D eigenvalue weighted by Gasteiger charge is 2.45. The van der Waals surface area contributed by atoms with Crippen molar-refractivity contribution in [1.82, 2.24) is 19.9 Å². The maximum absolute atomic E-state index is 10.0. The van der Waals surface area contributed by atoms with Gasteiger partial charge in [-0.3, -0.25) is 4.98 Å². The smallest absolute Gasteiger partial charge is 0.139 e. The Labute approximate surface area is 264 Å². The Hall–Kier alpha value is -2.73. The van der Waals surface area contributed by atoms with Crippen LogP contribution >= 0.6 is 0 Å². The summed E-state index contributed by atoms with van der Waals surface area (Å²) >= 11 is 0. The molecule has 2 aromatic rings. The van der Waals surface area contributed by atoms with Crippen LogP contribution < -0.4 is 10.2 Å². The SMILES string of the molecule is CC.CC/C=C(\C)c1nc(C)cn1/C=C(\C)CCC.CCCC(C)=O.CCCc1c(N2CCNC3(CC3)C2)ccnc1C. The van der Waals surface area contributed by atoms with E-state index in [1.165, 1.54) is 60.3 Å². The van der Waals surface area contributed by atoms with E-state index >= 15 is 0 Å². The standard InChI is InChI=1S/C15H23N3.C15H24N2.C5H10O.C2H6/c1-3-4-13-12(2)16-8-5-14(13)18-10-9-17-15(11-18)6-7-15;1-6-8-12(3)10-17-11-14(5)16-15(17)13(4)9-7-2;1-3-4-5(2)6;1-2/h5,8,17H,3-4,6-7,9-11H2,1-2H3;9-11H,6-8H2,1-5H3;3-4H2,1-2H3;1-2H3/b;12-10+,13-9+;;. The number of aromatic nitrogens is 3. The number of imidazole rings is 1. The molecule has 6 nitrogen and oxygen atoms in total. The summed E-state index contributed by atoms with van der Waals surface area (Å²) in [7, 11) is 0. The number of Topliss-reactive ketones (excluding diaryl/α,β-unsaturated/α-hetero) is 1. The predicted octanol–water partition coefficient (Wildman–Crippen LogP) is 9.35. The average molecular weight is 594 g/mol. The fourth-order valence-corrected chi connectivity index (χ4v) is 5.44. The van der Waals surface area contributed by atoms with E-state index in [2.05, 4.69) is 90.8 Å². The van der Waals surface area contributed by atoms with Crippen molar-refractivity contribution in [3.63, 3.8) is 0 Å². The summed E-state index contributed by atoms with van der Waals surface area (Å²) in [5.41, 5.74) is 8.26. The van der Waals surface area contributed by atoms with Gasteiger partial charge in [0.2, 0.25) is 0 Å². The molecule has 0 unspecified atom stereocenters. The van der Waals surface area contributed by atoms with Crippen molar-refractivity contribution in [3.05, 3.63) is 52.9 Å². The number of allylic oxidation sites excluding steroid dienone is 3. The number of hydrogen-bond donors (Lipinski definition) is 1. The Balaban J connectivity index is 0.000000347. The van der Waals surface area contributed by atoms with E-state index in [1.807, 2.05) is 33.9 Å². The second-order valence-corrected chi connectivity index (χ2v) is 11.9. The molecule has 6 heteroatoms. The number of carbonyl (C=O) groups excluding carboxylic acids is 1. The first kappa shape index (κ1) is 38.3. The third-order valence-corrected chi connectivity index (χ3v) is 7.64. The summed E-state index contributed by atoms with van der Waals surface area (Å²) in [5.74, 6) is 1.36. The Bertz CT molecular complexity index is 1160. The number of aryl methyl sites for hydroxylation is 2. The lowest BCUT2D eigenvalue weighted by Crippen LogP contribution is -2.52. The number of rotatable bonds is 10. The minimum atomic E-state index is 0.289. The van der Waals surface area contributed by atoms with Crippen LogP contribution in [0.15, 0.2) is 30.1 Å². The lowest BCUT2D eigenvalue weighted by Gasteiger charge is -2.37. The fraction of sp³-hybridized carbons (Fsp3) is 0.649. The molecule has 4 rings (SSSR count). The summed E-state index contributed by atoms with van der Waals surface area (Å²) in [6.45, 7) is 26.1. The van der Waals surface area contributed by atoms with Gasteiger partial charge in [-0.05, 0) is 90.3 Å². The Morgan fingerprint density at radius 3 is 2.23 bits per heavy atom. The van der Waals surface area contributed by atoms with E-state index in [4.69, 9.17) is 0 Å². The normalized spacial score (nSPS) is 15.5. The van der Waals surface area contributed by atoms with Crippen LogP contribution in [-0.4, -0.2) is 45.5 Å². The molecule has 1 aliphatic heterocycles. The van der Waals surface area contributed by atoms with Gasteiger partial charge in [-0.15, -0.1) is 0 Å². The zero-order valence-corrected chi connectivity index (χ0v) is 29.6. The molecule has 1 spiro atoms. The van der Waals surface area contributed by atoms with Crippen molar-refractivity contribution in [1.29, 1.82) is 0 Å². The van der Waals surface area contributed by atoms with Gasteiger partial charge in [0.05, 0.1) is 5.69 Å². The minimum Gasteiger partial charge on any atom is -0.368 e. The van der Waals surface area contributed by atoms with E-state index in [-0.39, 0.29) is 5.78 Å². The van der Waals surface area contributed by atoms with Gasteiger partial charge in [-0.2, -0.15) is 0 Å². The van der Waals surface area contributed by atoms with Gasteiger partial charge in [0.25, 0.3) is 0 Å². The summed E-state index contributed by atoms with van der Waals surface area (Å²) in [6, 6.07) is 2.21. The molecule has 2 fully saturated rings. The highest BCUT2D eigenvalue weighted by Crippen LogP contribution is 2.39. The largest absolute Gasteiger partial charge is 0.368 e. The third kappa shape index (κ3) is 13.2. The Morgan fingerprint density at radius 1 is 1.02 bits per heavy atom. The summed E-state index contributed by atoms with van der Waals surface area (Å²) < 4.78 is 2.15. The van der Waals surface area contributed by atoms with Crippen LogP contribution in [0.1, 0.15) is 136 Å². The topological polar surface area (TPSA) is 63.1 Å². The van der Waals surface area contributed by atoms with Gasteiger partial charge in [0, 0.05) is 61.6 Å². The number of anilines is 1. The number of hydrogen-bond acceptors (Lipinski definition) is 5. The highest BCUT2D eigenvalue weighted by molar-refractivity contribution is 5.75. The number of carbonyl (C=O) groups is 1. The molecule has 0 bridgehead atoms. The number of ketones is 1. The van der Waals surface area contributed by atoms with E-state index in [0.717, 1.165) is 56.7 Å². The lowest BCUT2D eigenvalue weighted by atomic mass is 10.0. The van der Waals surface area contributed by atoms with Gasteiger partial charge in [0.1, 0.15) is 11.6 Å². The molecule has 43 heavy (non-hydrogen) atoms. The van der Waals surface area contributed by atoms with Gasteiger partial charge >= 0.3 is 0 Å². The number of nitrogens with zero attached hydrogens (tertiary/aromatic N) is 4. The summed E-state index contributed by atoms with van der Waals surface area (Å²) in [4.78, 5) is 21.7. The van der Waals surface area contributed by atoms with Crippen LogP contribution in [0.3, 0.4) is 0 Å². The molecular weight excluding hydrogens is 530 g/mol. The first-order valence-electron chi connectivity index (χ1n) is 16.9. The minimum absolute atomic E-state index is 0.289. The van der Waals surface area contributed by atoms with E-state index in [9.17, 15) is 4.79 Å². The van der Waals surface area contributed by atoms with Crippen LogP contribution in [0.5, 0.6) is 0 Å². The molecule has 0 atom stereocenters. The average Bonchev–Trinajstić information content (AvgIpc) is 3.61. The zero-order chi connectivity index (χ0) is 32.4. The quantitative estimate of drug-likeness (QED) is 0.297. The van der Waals surface area contributed by atoms with Crippen LogP contribution in [0.2, 0.25) is 0 Å². The molecular formula is C37H63N5O. The number of pyridine rings is 1. The third-order valence-electron chi connectivity index (χ3n) is 7.64. The maximum Gasteiger partial charge on any atom is 0.139 e. The molecule has 1 saturated heterocycles. The second kappa shape index (κ2) is 20.3. The van der Waals surface area contributed by atoms with Crippen molar-refractivity contribution < 1.29 is 4.79 Å². The molecule has 1 aliphatic carbocycles. The Kier molecular flexibility index (Phi) is 18.1. The summed E-state index contributed by atoms with van der Waals surface area (Å²) in [5, 5.41) is 3.68. The van der Waals surface area contributed by atoms with Gasteiger partial charge < -0.3 is 19.6 Å². The molecule has 0 aromatic carbocycles. The van der Waals surface area contributed by atoms with Gasteiger partial charge in [0.15, 0.2) is 0 Å². The predicted molar refractivity (Wildman–Crippen MR) is 188 cm³/mol. The van der Waals surface area contributed by atoms with Gasteiger partial charge in [-0.25, -0.2) is 4.98 Å². The van der Waals surface area contributed by atoms with Crippen molar-refractivity contribution in [2.45, 2.75) is 139 Å². The van der Waals surface area contributed by atoms with Crippen molar-refractivity contribution >= 4 is 23.2 Å². The molecule has 242 valence electrons.